The molecular weight excluding hydrogens is 416 g/mol. The third kappa shape index (κ3) is 2.90. The van der Waals surface area contributed by atoms with Crippen molar-refractivity contribution in [1.29, 1.82) is 0 Å². The molecule has 5 aliphatic carbocycles. The maximum atomic E-state index is 11.2. The molecular formula is C32H48O2. The molecule has 0 aromatic rings. The van der Waals surface area contributed by atoms with Crippen molar-refractivity contribution in [1.82, 2.24) is 0 Å². The molecule has 2 heteroatoms. The second-order valence-electron chi connectivity index (χ2n) is 15.0. The van der Waals surface area contributed by atoms with Crippen molar-refractivity contribution in [3.63, 3.8) is 0 Å². The highest BCUT2D eigenvalue weighted by Gasteiger charge is 2.67. The Labute approximate surface area is 208 Å². The Kier molecular flexibility index (Phi) is 5.26. The van der Waals surface area contributed by atoms with Crippen molar-refractivity contribution in [2.24, 2.45) is 50.2 Å². The van der Waals surface area contributed by atoms with Crippen LogP contribution in [0.15, 0.2) is 23.3 Å². The summed E-state index contributed by atoms with van der Waals surface area (Å²) in [5.74, 6) is 3.86. The molecule has 3 fully saturated rings. The molecule has 3 saturated carbocycles. The van der Waals surface area contributed by atoms with E-state index in [2.05, 4.69) is 66.5 Å². The normalized spacial score (nSPS) is 53.8. The maximum absolute atomic E-state index is 11.2. The Balaban J connectivity index is 1.65. The molecule has 34 heavy (non-hydrogen) atoms. The number of fused-ring (bicyclic) bond motifs is 6. The van der Waals surface area contributed by atoms with Crippen molar-refractivity contribution in [2.75, 3.05) is 6.61 Å². The molecule has 0 amide bonds. The van der Waals surface area contributed by atoms with Crippen LogP contribution < -0.4 is 0 Å². The van der Waals surface area contributed by atoms with Gasteiger partial charge in [-0.05, 0) is 101 Å². The second-order valence-corrected chi connectivity index (χ2v) is 15.0. The molecule has 0 spiro atoms. The lowest BCUT2D eigenvalue weighted by Crippen LogP contribution is -2.64. The first-order valence-corrected chi connectivity index (χ1v) is 13.9. The van der Waals surface area contributed by atoms with E-state index in [0.717, 1.165) is 19.3 Å². The number of aliphatic hydroxyl groups excluding tert-OH is 2. The van der Waals surface area contributed by atoms with Crippen LogP contribution in [0.5, 0.6) is 0 Å². The Bertz CT molecular complexity index is 981. The summed E-state index contributed by atoms with van der Waals surface area (Å²) in [6, 6.07) is 0. The van der Waals surface area contributed by atoms with Crippen LogP contribution in [-0.2, 0) is 0 Å². The van der Waals surface area contributed by atoms with Gasteiger partial charge in [0.2, 0.25) is 0 Å². The van der Waals surface area contributed by atoms with Gasteiger partial charge in [-0.3, -0.25) is 0 Å². The van der Waals surface area contributed by atoms with E-state index in [-0.39, 0.29) is 45.0 Å². The quantitative estimate of drug-likeness (QED) is 0.413. The highest BCUT2D eigenvalue weighted by molar-refractivity contribution is 5.45. The fourth-order valence-corrected chi connectivity index (χ4v) is 10.2. The van der Waals surface area contributed by atoms with E-state index in [9.17, 15) is 10.2 Å². The largest absolute Gasteiger partial charge is 0.396 e. The average Bonchev–Trinajstić information content (AvgIpc) is 2.78. The van der Waals surface area contributed by atoms with Crippen molar-refractivity contribution in [2.45, 2.75) is 106 Å². The zero-order valence-electron chi connectivity index (χ0n) is 22.8. The zero-order chi connectivity index (χ0) is 24.9. The van der Waals surface area contributed by atoms with Crippen LogP contribution in [0.2, 0.25) is 0 Å². The Morgan fingerprint density at radius 3 is 2.32 bits per heavy atom. The van der Waals surface area contributed by atoms with Crippen LogP contribution in [-0.4, -0.2) is 22.9 Å². The molecule has 5 aliphatic rings. The van der Waals surface area contributed by atoms with Gasteiger partial charge in [-0.2, -0.15) is 0 Å². The second kappa shape index (κ2) is 7.26. The van der Waals surface area contributed by atoms with E-state index in [0.29, 0.717) is 11.8 Å². The summed E-state index contributed by atoms with van der Waals surface area (Å²) in [7, 11) is 0. The first kappa shape index (κ1) is 24.6. The number of hydrogen-bond donors (Lipinski definition) is 2. The molecule has 0 bridgehead atoms. The number of terminal acetylenes is 1. The van der Waals surface area contributed by atoms with Crippen LogP contribution in [0.25, 0.3) is 0 Å². The molecule has 0 aliphatic heterocycles. The lowest BCUT2D eigenvalue weighted by Gasteiger charge is -2.70. The summed E-state index contributed by atoms with van der Waals surface area (Å²) in [6.07, 6.45) is 19.9. The molecule has 188 valence electrons. The molecule has 9 atom stereocenters. The lowest BCUT2D eigenvalue weighted by molar-refractivity contribution is -0.193. The molecule has 5 rings (SSSR count). The van der Waals surface area contributed by atoms with Gasteiger partial charge in [0, 0.05) is 12.5 Å². The van der Waals surface area contributed by atoms with Crippen molar-refractivity contribution < 1.29 is 10.2 Å². The van der Waals surface area contributed by atoms with Crippen molar-refractivity contribution in [3.05, 3.63) is 23.3 Å². The van der Waals surface area contributed by atoms with Gasteiger partial charge in [0.1, 0.15) is 0 Å². The van der Waals surface area contributed by atoms with E-state index in [1.165, 1.54) is 32.1 Å². The maximum Gasteiger partial charge on any atom is 0.0731 e. The molecule has 0 heterocycles. The minimum Gasteiger partial charge on any atom is -0.396 e. The summed E-state index contributed by atoms with van der Waals surface area (Å²) >= 11 is 0. The summed E-state index contributed by atoms with van der Waals surface area (Å²) in [6.45, 7) is 17.2. The molecule has 2 N–H and O–H groups in total. The first-order valence-electron chi connectivity index (χ1n) is 13.9. The molecule has 2 nitrogen and oxygen atoms in total. The monoisotopic (exact) mass is 464 g/mol. The van der Waals surface area contributed by atoms with Gasteiger partial charge in [0.05, 0.1) is 6.10 Å². The molecule has 0 aromatic heterocycles. The van der Waals surface area contributed by atoms with Gasteiger partial charge in [0.25, 0.3) is 0 Å². The SMILES string of the molecule is C#C[C@H]1C[C@@]2(C)[C@H](CC[C@]3(C)[C@@H]2C=CC2=C4C[C@@](C)(CO)CC[C@]4(C)CC[C@]23C)C(C)(C)[C@@H]1O. The Morgan fingerprint density at radius 2 is 1.68 bits per heavy atom. The summed E-state index contributed by atoms with van der Waals surface area (Å²) in [5.41, 5.74) is 3.79. The van der Waals surface area contributed by atoms with Crippen molar-refractivity contribution in [3.8, 4) is 12.3 Å². The van der Waals surface area contributed by atoms with E-state index < -0.39 is 6.10 Å². The van der Waals surface area contributed by atoms with Crippen LogP contribution >= 0.6 is 0 Å². The fraction of sp³-hybridized carbons (Fsp3) is 0.812. The van der Waals surface area contributed by atoms with E-state index in [4.69, 9.17) is 6.42 Å². The summed E-state index contributed by atoms with van der Waals surface area (Å²) in [4.78, 5) is 0. The number of aliphatic hydroxyl groups is 2. The topological polar surface area (TPSA) is 40.5 Å². The van der Waals surface area contributed by atoms with Crippen LogP contribution in [0.1, 0.15) is 99.8 Å². The van der Waals surface area contributed by atoms with Gasteiger partial charge < -0.3 is 10.2 Å². The average molecular weight is 465 g/mol. The first-order chi connectivity index (χ1) is 15.7. The predicted octanol–water partition coefficient (Wildman–Crippen LogP) is 6.92. The summed E-state index contributed by atoms with van der Waals surface area (Å²) < 4.78 is 0. The molecule has 0 radical (unpaired) electrons. The highest BCUT2D eigenvalue weighted by Crippen LogP contribution is 2.74. The van der Waals surface area contributed by atoms with Gasteiger partial charge in [-0.1, -0.05) is 66.2 Å². The van der Waals surface area contributed by atoms with Gasteiger partial charge in [-0.15, -0.1) is 12.3 Å². The third-order valence-electron chi connectivity index (χ3n) is 12.9. The minimum absolute atomic E-state index is 0.0128. The third-order valence-corrected chi connectivity index (χ3v) is 12.9. The van der Waals surface area contributed by atoms with Crippen LogP contribution in [0, 0.1) is 62.6 Å². The van der Waals surface area contributed by atoms with E-state index in [1.807, 2.05) is 0 Å². The number of hydrogen-bond acceptors (Lipinski definition) is 2. The molecule has 0 saturated heterocycles. The molecule has 0 aromatic carbocycles. The van der Waals surface area contributed by atoms with E-state index in [1.54, 1.807) is 11.1 Å². The fourth-order valence-electron chi connectivity index (χ4n) is 10.2. The standard InChI is InChI=1S/C32H48O2/c1-9-21-18-30(6)24(27(2,3)26(21)34)12-13-32(8)25(30)11-10-22-23-19-28(4,20-33)14-15-29(23,5)16-17-31(22,32)7/h1,10-11,21,24-26,33-34H,12-20H2,2-8H3/t21-,24+,25+,26+,28-,29+,30-,31+,32+/m0/s1. The predicted molar refractivity (Wildman–Crippen MR) is 140 cm³/mol. The van der Waals surface area contributed by atoms with Gasteiger partial charge >= 0.3 is 0 Å². The van der Waals surface area contributed by atoms with Crippen molar-refractivity contribution >= 4 is 0 Å². The smallest absolute Gasteiger partial charge is 0.0731 e. The Morgan fingerprint density at radius 1 is 1.00 bits per heavy atom. The number of rotatable bonds is 1. The van der Waals surface area contributed by atoms with Crippen LogP contribution in [0.3, 0.4) is 0 Å². The lowest BCUT2D eigenvalue weighted by atomic mass is 9.34. The highest BCUT2D eigenvalue weighted by atomic mass is 16.3. The molecule has 0 unspecified atom stereocenters. The summed E-state index contributed by atoms with van der Waals surface area (Å²) in [5, 5.41) is 21.4. The van der Waals surface area contributed by atoms with Gasteiger partial charge in [-0.25, -0.2) is 0 Å². The van der Waals surface area contributed by atoms with E-state index >= 15 is 0 Å². The number of allylic oxidation sites excluding steroid dienone is 4. The zero-order valence-corrected chi connectivity index (χ0v) is 22.8. The minimum atomic E-state index is -0.422. The van der Waals surface area contributed by atoms with Gasteiger partial charge in [0.15, 0.2) is 0 Å². The van der Waals surface area contributed by atoms with Crippen LogP contribution in [0.4, 0.5) is 0 Å². The Hall–Kier alpha value is -1.04.